The van der Waals surface area contributed by atoms with Gasteiger partial charge in [-0.2, -0.15) is 18.2 Å². The van der Waals surface area contributed by atoms with E-state index in [1.54, 1.807) is 6.92 Å². The number of nitrogens with zero attached hydrogens (tertiary/aromatic N) is 3. The van der Waals surface area contributed by atoms with Crippen LogP contribution in [0.2, 0.25) is 0 Å². The van der Waals surface area contributed by atoms with Crippen molar-refractivity contribution in [3.8, 4) is 0 Å². The van der Waals surface area contributed by atoms with Gasteiger partial charge < -0.3 is 14.7 Å². The molecule has 1 N–H and O–H groups in total. The van der Waals surface area contributed by atoms with Crippen LogP contribution in [0.1, 0.15) is 23.7 Å². The zero-order valence-corrected chi connectivity index (χ0v) is 14.4. The highest BCUT2D eigenvalue weighted by Crippen LogP contribution is 2.33. The van der Waals surface area contributed by atoms with E-state index in [9.17, 15) is 22.8 Å². The third-order valence-corrected chi connectivity index (χ3v) is 4.19. The van der Waals surface area contributed by atoms with Gasteiger partial charge in [-0.05, 0) is 25.1 Å². The second-order valence-corrected chi connectivity index (χ2v) is 6.23. The van der Waals surface area contributed by atoms with Crippen molar-refractivity contribution in [2.24, 2.45) is 5.92 Å². The van der Waals surface area contributed by atoms with Crippen molar-refractivity contribution in [1.29, 1.82) is 0 Å². The van der Waals surface area contributed by atoms with Crippen molar-refractivity contribution in [3.63, 3.8) is 0 Å². The molecule has 1 fully saturated rings. The Balaban J connectivity index is 1.59. The Morgan fingerprint density at radius 1 is 1.41 bits per heavy atom. The lowest BCUT2D eigenvalue weighted by molar-refractivity contribution is -0.137. The fraction of sp³-hybridized carbons (Fsp3) is 0.412. The van der Waals surface area contributed by atoms with Crippen LogP contribution in [0.25, 0.3) is 0 Å². The summed E-state index contributed by atoms with van der Waals surface area (Å²) in [6.07, 6.45) is -4.20. The maximum absolute atomic E-state index is 12.9. The van der Waals surface area contributed by atoms with Crippen molar-refractivity contribution in [2.75, 3.05) is 18.0 Å². The fourth-order valence-corrected chi connectivity index (χ4v) is 2.86. The van der Waals surface area contributed by atoms with E-state index in [0.717, 1.165) is 12.1 Å². The summed E-state index contributed by atoms with van der Waals surface area (Å²) in [4.78, 5) is 29.7. The van der Waals surface area contributed by atoms with Gasteiger partial charge in [-0.15, -0.1) is 0 Å². The molecular formula is C17H17F3N4O3. The molecule has 7 nitrogen and oxygen atoms in total. The molecule has 0 saturated carbocycles. The molecule has 1 unspecified atom stereocenters. The maximum atomic E-state index is 12.9. The summed E-state index contributed by atoms with van der Waals surface area (Å²) >= 11 is 0. The summed E-state index contributed by atoms with van der Waals surface area (Å²) in [6, 6.07) is 4.51. The molecule has 10 heteroatoms. The van der Waals surface area contributed by atoms with Crippen LogP contribution in [0.4, 0.5) is 18.9 Å². The van der Waals surface area contributed by atoms with E-state index in [1.165, 1.54) is 17.0 Å². The minimum Gasteiger partial charge on any atom is -0.355 e. The molecule has 1 aliphatic rings. The van der Waals surface area contributed by atoms with Gasteiger partial charge in [-0.3, -0.25) is 9.59 Å². The first-order valence-corrected chi connectivity index (χ1v) is 8.28. The number of aryl methyl sites for hydroxylation is 1. The fourth-order valence-electron chi connectivity index (χ4n) is 2.86. The van der Waals surface area contributed by atoms with E-state index < -0.39 is 17.7 Å². The number of carbonyl (C=O) groups excluding carboxylic acids is 2. The Bertz CT molecular complexity index is 850. The summed E-state index contributed by atoms with van der Waals surface area (Å²) in [6.45, 7) is 1.97. The van der Waals surface area contributed by atoms with Crippen LogP contribution in [0, 0.1) is 12.8 Å². The predicted octanol–water partition coefficient (Wildman–Crippen LogP) is 2.11. The highest BCUT2D eigenvalue weighted by atomic mass is 19.4. The summed E-state index contributed by atoms with van der Waals surface area (Å²) in [7, 11) is 0. The van der Waals surface area contributed by atoms with Crippen molar-refractivity contribution in [2.45, 2.75) is 25.9 Å². The van der Waals surface area contributed by atoms with Crippen LogP contribution >= 0.6 is 0 Å². The van der Waals surface area contributed by atoms with Crippen molar-refractivity contribution in [3.05, 3.63) is 41.5 Å². The maximum Gasteiger partial charge on any atom is 0.416 e. The van der Waals surface area contributed by atoms with Gasteiger partial charge in [0.05, 0.1) is 11.5 Å². The van der Waals surface area contributed by atoms with E-state index in [-0.39, 0.29) is 37.0 Å². The van der Waals surface area contributed by atoms with Gasteiger partial charge in [0, 0.05) is 31.6 Å². The zero-order chi connectivity index (χ0) is 19.6. The smallest absolute Gasteiger partial charge is 0.355 e. The molecule has 27 heavy (non-hydrogen) atoms. The molecule has 144 valence electrons. The van der Waals surface area contributed by atoms with Crippen LogP contribution in [-0.4, -0.2) is 35.0 Å². The Morgan fingerprint density at radius 2 is 2.19 bits per heavy atom. The number of hydrogen-bond donors (Lipinski definition) is 1. The largest absolute Gasteiger partial charge is 0.416 e. The van der Waals surface area contributed by atoms with Crippen LogP contribution in [-0.2, 0) is 22.2 Å². The number of alkyl halides is 3. The first-order chi connectivity index (χ1) is 12.7. The molecule has 1 aromatic carbocycles. The van der Waals surface area contributed by atoms with Gasteiger partial charge in [0.15, 0.2) is 5.82 Å². The Hall–Kier alpha value is -2.91. The average molecular weight is 382 g/mol. The number of nitrogens with one attached hydrogen (secondary N) is 1. The van der Waals surface area contributed by atoms with Crippen molar-refractivity contribution < 1.29 is 27.3 Å². The number of benzene rings is 1. The molecule has 0 aliphatic carbocycles. The number of rotatable bonds is 5. The SMILES string of the molecule is Cc1noc(CCNC(=O)C2CC(=O)N(c3cccc(C(F)(F)F)c3)C2)n1. The van der Waals surface area contributed by atoms with Gasteiger partial charge in [0.1, 0.15) is 0 Å². The second kappa shape index (κ2) is 7.37. The van der Waals surface area contributed by atoms with Gasteiger partial charge in [-0.1, -0.05) is 11.2 Å². The van der Waals surface area contributed by atoms with Gasteiger partial charge in [-0.25, -0.2) is 0 Å². The molecule has 2 aromatic rings. The van der Waals surface area contributed by atoms with E-state index in [0.29, 0.717) is 18.1 Å². The normalized spacial score (nSPS) is 17.4. The summed E-state index contributed by atoms with van der Waals surface area (Å²) in [5.41, 5.74) is -0.706. The molecule has 2 heterocycles. The Kier molecular flexibility index (Phi) is 5.15. The monoisotopic (exact) mass is 382 g/mol. The lowest BCUT2D eigenvalue weighted by Crippen LogP contribution is -2.34. The highest BCUT2D eigenvalue weighted by Gasteiger charge is 2.36. The van der Waals surface area contributed by atoms with Gasteiger partial charge >= 0.3 is 6.18 Å². The van der Waals surface area contributed by atoms with E-state index in [2.05, 4.69) is 15.5 Å². The highest BCUT2D eigenvalue weighted by molar-refractivity contribution is 6.00. The molecule has 0 radical (unpaired) electrons. The molecule has 3 rings (SSSR count). The molecule has 0 bridgehead atoms. The summed E-state index contributed by atoms with van der Waals surface area (Å²) in [5.74, 6) is -0.470. The molecule has 1 aromatic heterocycles. The van der Waals surface area contributed by atoms with E-state index in [1.807, 2.05) is 0 Å². The van der Waals surface area contributed by atoms with Gasteiger partial charge in [0.25, 0.3) is 0 Å². The Labute approximate surface area is 152 Å². The van der Waals surface area contributed by atoms with Crippen LogP contribution in [0.5, 0.6) is 0 Å². The topological polar surface area (TPSA) is 88.3 Å². The minimum atomic E-state index is -4.50. The second-order valence-electron chi connectivity index (χ2n) is 6.23. The summed E-state index contributed by atoms with van der Waals surface area (Å²) < 4.78 is 43.5. The first-order valence-electron chi connectivity index (χ1n) is 8.28. The van der Waals surface area contributed by atoms with Crippen molar-refractivity contribution in [1.82, 2.24) is 15.5 Å². The number of hydrogen-bond acceptors (Lipinski definition) is 5. The third kappa shape index (κ3) is 4.44. The first kappa shape index (κ1) is 18.9. The molecule has 2 amide bonds. The van der Waals surface area contributed by atoms with E-state index in [4.69, 9.17) is 4.52 Å². The van der Waals surface area contributed by atoms with Gasteiger partial charge in [0.2, 0.25) is 17.7 Å². The van der Waals surface area contributed by atoms with Crippen LogP contribution in [0.15, 0.2) is 28.8 Å². The number of halogens is 3. The number of anilines is 1. The van der Waals surface area contributed by atoms with E-state index >= 15 is 0 Å². The number of amides is 2. The summed E-state index contributed by atoms with van der Waals surface area (Å²) in [5, 5.41) is 6.32. The lowest BCUT2D eigenvalue weighted by Gasteiger charge is -2.18. The molecule has 0 spiro atoms. The van der Waals surface area contributed by atoms with Crippen molar-refractivity contribution >= 4 is 17.5 Å². The minimum absolute atomic E-state index is 0.0334. The zero-order valence-electron chi connectivity index (χ0n) is 14.4. The van der Waals surface area contributed by atoms with Crippen LogP contribution < -0.4 is 10.2 Å². The number of carbonyl (C=O) groups is 2. The molecule has 1 saturated heterocycles. The Morgan fingerprint density at radius 3 is 2.85 bits per heavy atom. The predicted molar refractivity (Wildman–Crippen MR) is 87.7 cm³/mol. The van der Waals surface area contributed by atoms with Crippen LogP contribution in [0.3, 0.4) is 0 Å². The number of aromatic nitrogens is 2. The lowest BCUT2D eigenvalue weighted by atomic mass is 10.1. The third-order valence-electron chi connectivity index (χ3n) is 4.19. The average Bonchev–Trinajstić information content (AvgIpc) is 3.20. The quantitative estimate of drug-likeness (QED) is 0.856. The molecule has 1 aliphatic heterocycles. The molecule has 1 atom stereocenters. The standard InChI is InChI=1S/C17H17F3N4O3/c1-10-22-14(27-23-10)5-6-21-16(26)11-7-15(25)24(9-11)13-4-2-3-12(8-13)17(18,19)20/h2-4,8,11H,5-7,9H2,1H3,(H,21,26). The molecular weight excluding hydrogens is 365 g/mol.